The fraction of sp³-hybridized carbons (Fsp3) is 0.455. The van der Waals surface area contributed by atoms with Gasteiger partial charge in [0.1, 0.15) is 0 Å². The summed E-state index contributed by atoms with van der Waals surface area (Å²) in [5.74, 6) is 5.11. The molecule has 0 unspecified atom stereocenters. The molecule has 78 valence electrons. The van der Waals surface area contributed by atoms with E-state index in [1.54, 1.807) is 0 Å². The lowest BCUT2D eigenvalue weighted by Crippen LogP contribution is -2.27. The van der Waals surface area contributed by atoms with Crippen LogP contribution >= 0.6 is 11.6 Å². The van der Waals surface area contributed by atoms with Gasteiger partial charge in [0.15, 0.2) is 0 Å². The standard InChI is InChI=1S/C11H16ClNO/c1-8-5-4-6-9(12)10(8)11(2,3)7-14-13/h4-6H,7,13H2,1-3H3. The Kier molecular flexibility index (Phi) is 3.53. The molecule has 1 aromatic carbocycles. The van der Waals surface area contributed by atoms with Gasteiger partial charge >= 0.3 is 0 Å². The van der Waals surface area contributed by atoms with Gasteiger partial charge in [-0.05, 0) is 24.1 Å². The van der Waals surface area contributed by atoms with Crippen LogP contribution in [0.25, 0.3) is 0 Å². The molecule has 0 aromatic heterocycles. The van der Waals surface area contributed by atoms with Gasteiger partial charge in [-0.15, -0.1) is 0 Å². The lowest BCUT2D eigenvalue weighted by molar-refractivity contribution is 0.0962. The monoisotopic (exact) mass is 213 g/mol. The van der Waals surface area contributed by atoms with E-state index in [-0.39, 0.29) is 5.41 Å². The van der Waals surface area contributed by atoms with Gasteiger partial charge in [0.2, 0.25) is 0 Å². The highest BCUT2D eigenvalue weighted by atomic mass is 35.5. The van der Waals surface area contributed by atoms with Gasteiger partial charge < -0.3 is 4.84 Å². The molecular weight excluding hydrogens is 198 g/mol. The van der Waals surface area contributed by atoms with Gasteiger partial charge in [-0.1, -0.05) is 37.6 Å². The van der Waals surface area contributed by atoms with E-state index in [4.69, 9.17) is 22.3 Å². The number of hydrogen-bond acceptors (Lipinski definition) is 2. The lowest BCUT2D eigenvalue weighted by Gasteiger charge is -2.26. The normalized spacial score (nSPS) is 11.8. The van der Waals surface area contributed by atoms with Crippen molar-refractivity contribution in [2.45, 2.75) is 26.2 Å². The predicted molar refractivity (Wildman–Crippen MR) is 59.4 cm³/mol. The molecule has 2 N–H and O–H groups in total. The van der Waals surface area contributed by atoms with Crippen molar-refractivity contribution in [3.05, 3.63) is 34.3 Å². The highest BCUT2D eigenvalue weighted by Gasteiger charge is 2.25. The van der Waals surface area contributed by atoms with Gasteiger partial charge in [0.05, 0.1) is 6.61 Å². The Labute approximate surface area is 90.0 Å². The van der Waals surface area contributed by atoms with Crippen LogP contribution in [0.4, 0.5) is 0 Å². The van der Waals surface area contributed by atoms with Crippen LogP contribution in [0.5, 0.6) is 0 Å². The Bertz CT molecular complexity index is 303. The zero-order chi connectivity index (χ0) is 10.8. The van der Waals surface area contributed by atoms with Crippen LogP contribution in [0.15, 0.2) is 18.2 Å². The molecule has 0 radical (unpaired) electrons. The molecule has 0 saturated heterocycles. The molecule has 14 heavy (non-hydrogen) atoms. The van der Waals surface area contributed by atoms with Crippen molar-refractivity contribution in [2.75, 3.05) is 6.61 Å². The minimum absolute atomic E-state index is 0.156. The number of hydrogen-bond donors (Lipinski definition) is 1. The topological polar surface area (TPSA) is 35.2 Å². The average Bonchev–Trinajstić information content (AvgIpc) is 2.02. The van der Waals surface area contributed by atoms with E-state index in [9.17, 15) is 0 Å². The minimum atomic E-state index is -0.156. The van der Waals surface area contributed by atoms with E-state index in [0.29, 0.717) is 6.61 Å². The molecule has 0 atom stereocenters. The maximum atomic E-state index is 6.15. The van der Waals surface area contributed by atoms with E-state index in [1.165, 1.54) is 5.56 Å². The van der Waals surface area contributed by atoms with Crippen LogP contribution in [0.2, 0.25) is 5.02 Å². The first-order valence-electron chi connectivity index (χ1n) is 4.56. The SMILES string of the molecule is Cc1cccc(Cl)c1C(C)(C)CON. The van der Waals surface area contributed by atoms with Gasteiger partial charge in [-0.3, -0.25) is 0 Å². The third-order valence-electron chi connectivity index (χ3n) is 2.34. The molecule has 0 aliphatic carbocycles. The molecule has 0 spiro atoms. The molecule has 0 fully saturated rings. The first kappa shape index (κ1) is 11.5. The molecule has 1 aromatic rings. The van der Waals surface area contributed by atoms with Gasteiger partial charge in [0, 0.05) is 10.4 Å². The van der Waals surface area contributed by atoms with Crippen molar-refractivity contribution in [1.82, 2.24) is 0 Å². The average molecular weight is 214 g/mol. The van der Waals surface area contributed by atoms with Crippen molar-refractivity contribution in [1.29, 1.82) is 0 Å². The summed E-state index contributed by atoms with van der Waals surface area (Å²) in [6, 6.07) is 5.88. The quantitative estimate of drug-likeness (QED) is 0.784. The van der Waals surface area contributed by atoms with Crippen molar-refractivity contribution < 1.29 is 4.84 Å². The molecule has 1 rings (SSSR count). The van der Waals surface area contributed by atoms with Gasteiger partial charge in [-0.25, -0.2) is 5.90 Å². The summed E-state index contributed by atoms with van der Waals surface area (Å²) >= 11 is 6.15. The first-order valence-corrected chi connectivity index (χ1v) is 4.94. The summed E-state index contributed by atoms with van der Waals surface area (Å²) in [5.41, 5.74) is 2.11. The third-order valence-corrected chi connectivity index (χ3v) is 2.66. The maximum absolute atomic E-state index is 6.15. The smallest absolute Gasteiger partial charge is 0.0771 e. The highest BCUT2D eigenvalue weighted by Crippen LogP contribution is 2.32. The summed E-state index contributed by atoms with van der Waals surface area (Å²) in [6.07, 6.45) is 0. The summed E-state index contributed by atoms with van der Waals surface area (Å²) in [6.45, 7) is 6.62. The molecule has 0 aliphatic heterocycles. The Morgan fingerprint density at radius 1 is 1.43 bits per heavy atom. The van der Waals surface area contributed by atoms with Crippen LogP contribution < -0.4 is 5.90 Å². The van der Waals surface area contributed by atoms with E-state index < -0.39 is 0 Å². The zero-order valence-corrected chi connectivity index (χ0v) is 9.56. The molecule has 3 heteroatoms. The molecule has 0 heterocycles. The van der Waals surface area contributed by atoms with Crippen molar-refractivity contribution >= 4 is 11.6 Å². The largest absolute Gasteiger partial charge is 0.304 e. The van der Waals surface area contributed by atoms with E-state index >= 15 is 0 Å². The Morgan fingerprint density at radius 3 is 2.57 bits per heavy atom. The fourth-order valence-corrected chi connectivity index (χ4v) is 2.25. The zero-order valence-electron chi connectivity index (χ0n) is 8.80. The summed E-state index contributed by atoms with van der Waals surface area (Å²) in [7, 11) is 0. The summed E-state index contributed by atoms with van der Waals surface area (Å²) in [4.78, 5) is 4.71. The minimum Gasteiger partial charge on any atom is -0.304 e. The van der Waals surface area contributed by atoms with Crippen LogP contribution in [0, 0.1) is 6.92 Å². The van der Waals surface area contributed by atoms with E-state index in [2.05, 4.69) is 13.8 Å². The molecule has 0 bridgehead atoms. The Morgan fingerprint density at radius 2 is 2.07 bits per heavy atom. The molecule has 2 nitrogen and oxygen atoms in total. The van der Waals surface area contributed by atoms with Gasteiger partial charge in [0.25, 0.3) is 0 Å². The number of rotatable bonds is 3. The van der Waals surface area contributed by atoms with E-state index in [0.717, 1.165) is 10.6 Å². The molecule has 0 aliphatic rings. The van der Waals surface area contributed by atoms with Crippen LogP contribution in [-0.4, -0.2) is 6.61 Å². The van der Waals surface area contributed by atoms with Crippen LogP contribution in [0.3, 0.4) is 0 Å². The maximum Gasteiger partial charge on any atom is 0.0771 e. The van der Waals surface area contributed by atoms with Crippen molar-refractivity contribution in [3.63, 3.8) is 0 Å². The van der Waals surface area contributed by atoms with Gasteiger partial charge in [-0.2, -0.15) is 0 Å². The van der Waals surface area contributed by atoms with Crippen molar-refractivity contribution in [3.8, 4) is 0 Å². The van der Waals surface area contributed by atoms with Crippen LogP contribution in [0.1, 0.15) is 25.0 Å². The second kappa shape index (κ2) is 4.30. The molecular formula is C11H16ClNO. The third kappa shape index (κ3) is 2.27. The number of nitrogens with two attached hydrogens (primary N) is 1. The number of halogens is 1. The molecule has 0 amide bonds. The Balaban J connectivity index is 3.17. The lowest BCUT2D eigenvalue weighted by atomic mass is 9.83. The first-order chi connectivity index (χ1) is 6.49. The summed E-state index contributed by atoms with van der Waals surface area (Å²) < 4.78 is 0. The fourth-order valence-electron chi connectivity index (χ4n) is 1.77. The Hall–Kier alpha value is -0.570. The number of aryl methyl sites for hydroxylation is 1. The number of benzene rings is 1. The van der Waals surface area contributed by atoms with Crippen LogP contribution in [-0.2, 0) is 10.3 Å². The highest BCUT2D eigenvalue weighted by molar-refractivity contribution is 6.31. The second-order valence-corrected chi connectivity index (χ2v) is 4.53. The van der Waals surface area contributed by atoms with E-state index in [1.807, 2.05) is 25.1 Å². The second-order valence-electron chi connectivity index (χ2n) is 4.13. The predicted octanol–water partition coefficient (Wildman–Crippen LogP) is 2.82. The molecule has 0 saturated carbocycles. The van der Waals surface area contributed by atoms with Crippen molar-refractivity contribution in [2.24, 2.45) is 5.90 Å². The summed E-state index contributed by atoms with van der Waals surface area (Å²) in [5, 5.41) is 0.770.